The Morgan fingerprint density at radius 3 is 2.67 bits per heavy atom. The minimum atomic E-state index is -0.503. The smallest absolute Gasteiger partial charge is 0.376 e. The summed E-state index contributed by atoms with van der Waals surface area (Å²) in [5.41, 5.74) is 2.09. The Bertz CT molecular complexity index is 748. The fourth-order valence-electron chi connectivity index (χ4n) is 3.21. The van der Waals surface area contributed by atoms with E-state index in [9.17, 15) is 4.79 Å². The third kappa shape index (κ3) is 3.43. The van der Waals surface area contributed by atoms with Crippen LogP contribution in [0.2, 0.25) is 0 Å². The standard InChI is InChI=1S/C18H20BrN3O2/c1-11-8-16(21-17(20-11)18(23)24-3)22-10-14(9-12(22)2)13-4-6-15(19)7-5-13/h4-8,12,14H,9-10H2,1-3H3. The number of esters is 1. The molecule has 1 fully saturated rings. The van der Waals surface area contributed by atoms with Crippen LogP contribution < -0.4 is 4.90 Å². The molecule has 5 nitrogen and oxygen atoms in total. The molecule has 1 aromatic carbocycles. The van der Waals surface area contributed by atoms with Gasteiger partial charge in [-0.05, 0) is 38.0 Å². The molecule has 0 aliphatic carbocycles. The number of nitrogens with zero attached hydrogens (tertiary/aromatic N) is 3. The highest BCUT2D eigenvalue weighted by molar-refractivity contribution is 9.10. The highest BCUT2D eigenvalue weighted by Gasteiger charge is 2.31. The molecule has 0 spiro atoms. The van der Waals surface area contributed by atoms with Crippen LogP contribution in [0.15, 0.2) is 34.8 Å². The van der Waals surface area contributed by atoms with Crippen LogP contribution in [0.4, 0.5) is 5.82 Å². The molecule has 0 amide bonds. The fourth-order valence-corrected chi connectivity index (χ4v) is 3.47. The number of anilines is 1. The Morgan fingerprint density at radius 2 is 2.00 bits per heavy atom. The molecule has 1 aliphatic rings. The Balaban J connectivity index is 1.86. The molecule has 1 aliphatic heterocycles. The van der Waals surface area contributed by atoms with E-state index in [0.717, 1.165) is 29.0 Å². The molecule has 6 heteroatoms. The molecule has 1 saturated heterocycles. The van der Waals surface area contributed by atoms with E-state index in [1.54, 1.807) is 0 Å². The van der Waals surface area contributed by atoms with E-state index in [-0.39, 0.29) is 5.82 Å². The Morgan fingerprint density at radius 1 is 1.29 bits per heavy atom. The van der Waals surface area contributed by atoms with Crippen molar-refractivity contribution >= 4 is 27.7 Å². The minimum Gasteiger partial charge on any atom is -0.463 e. The van der Waals surface area contributed by atoms with Crippen LogP contribution in [-0.4, -0.2) is 35.6 Å². The number of hydrogen-bond acceptors (Lipinski definition) is 5. The molecule has 2 unspecified atom stereocenters. The van der Waals surface area contributed by atoms with E-state index in [1.165, 1.54) is 12.7 Å². The Hall–Kier alpha value is -1.95. The van der Waals surface area contributed by atoms with Gasteiger partial charge in [-0.25, -0.2) is 14.8 Å². The predicted molar refractivity (Wildman–Crippen MR) is 96.4 cm³/mol. The van der Waals surface area contributed by atoms with Crippen LogP contribution in [0.5, 0.6) is 0 Å². The van der Waals surface area contributed by atoms with Gasteiger partial charge in [-0.1, -0.05) is 28.1 Å². The lowest BCUT2D eigenvalue weighted by molar-refractivity contribution is 0.0586. The summed E-state index contributed by atoms with van der Waals surface area (Å²) in [5, 5.41) is 0. The van der Waals surface area contributed by atoms with E-state index in [1.807, 2.05) is 13.0 Å². The van der Waals surface area contributed by atoms with E-state index >= 15 is 0 Å². The molecule has 3 rings (SSSR count). The van der Waals surface area contributed by atoms with Crippen LogP contribution in [0.1, 0.15) is 41.1 Å². The van der Waals surface area contributed by atoms with Crippen molar-refractivity contribution in [3.05, 3.63) is 51.9 Å². The van der Waals surface area contributed by atoms with Crippen LogP contribution in [0.25, 0.3) is 0 Å². The number of ether oxygens (including phenoxy) is 1. The van der Waals surface area contributed by atoms with Gasteiger partial charge in [-0.2, -0.15) is 0 Å². The SMILES string of the molecule is COC(=O)c1nc(C)cc(N2CC(c3ccc(Br)cc3)CC2C)n1. The molecule has 0 radical (unpaired) electrons. The van der Waals surface area contributed by atoms with Crippen LogP contribution in [0, 0.1) is 6.92 Å². The molecular formula is C18H20BrN3O2. The number of halogens is 1. The van der Waals surface area contributed by atoms with Crippen molar-refractivity contribution in [3.63, 3.8) is 0 Å². The maximum atomic E-state index is 11.8. The van der Waals surface area contributed by atoms with Gasteiger partial charge in [0.05, 0.1) is 7.11 Å². The van der Waals surface area contributed by atoms with E-state index < -0.39 is 5.97 Å². The molecule has 1 aromatic heterocycles. The molecule has 0 saturated carbocycles. The van der Waals surface area contributed by atoms with Crippen molar-refractivity contribution in [2.24, 2.45) is 0 Å². The van der Waals surface area contributed by atoms with Crippen molar-refractivity contribution in [2.75, 3.05) is 18.6 Å². The first kappa shape index (κ1) is 16.9. The highest BCUT2D eigenvalue weighted by atomic mass is 79.9. The molecule has 2 atom stereocenters. The highest BCUT2D eigenvalue weighted by Crippen LogP contribution is 2.34. The number of hydrogen-bond donors (Lipinski definition) is 0. The molecule has 24 heavy (non-hydrogen) atoms. The number of aromatic nitrogens is 2. The molecule has 126 valence electrons. The Kier molecular flexibility index (Phi) is 4.85. The summed E-state index contributed by atoms with van der Waals surface area (Å²) < 4.78 is 5.84. The summed E-state index contributed by atoms with van der Waals surface area (Å²) in [6.45, 7) is 4.93. The van der Waals surface area contributed by atoms with Gasteiger partial charge in [-0.3, -0.25) is 0 Å². The second kappa shape index (κ2) is 6.89. The van der Waals surface area contributed by atoms with Crippen molar-refractivity contribution in [2.45, 2.75) is 32.2 Å². The Labute approximate surface area is 150 Å². The number of rotatable bonds is 3. The topological polar surface area (TPSA) is 55.3 Å². The summed E-state index contributed by atoms with van der Waals surface area (Å²) >= 11 is 3.48. The van der Waals surface area contributed by atoms with Gasteiger partial charge >= 0.3 is 5.97 Å². The number of benzene rings is 1. The quantitative estimate of drug-likeness (QED) is 0.748. The summed E-state index contributed by atoms with van der Waals surface area (Å²) in [4.78, 5) is 22.6. The average molecular weight is 390 g/mol. The van der Waals surface area contributed by atoms with Crippen LogP contribution in [0.3, 0.4) is 0 Å². The third-order valence-electron chi connectivity index (χ3n) is 4.42. The van der Waals surface area contributed by atoms with Crippen LogP contribution >= 0.6 is 15.9 Å². The van der Waals surface area contributed by atoms with Gasteiger partial charge in [0, 0.05) is 34.7 Å². The van der Waals surface area contributed by atoms with Gasteiger partial charge in [0.1, 0.15) is 5.82 Å². The fraction of sp³-hybridized carbons (Fsp3) is 0.389. The lowest BCUT2D eigenvalue weighted by Gasteiger charge is -2.23. The first-order valence-corrected chi connectivity index (χ1v) is 8.73. The summed E-state index contributed by atoms with van der Waals surface area (Å²) in [6.07, 6.45) is 1.05. The normalized spacial score (nSPS) is 20.2. The second-order valence-electron chi connectivity index (χ2n) is 6.17. The van der Waals surface area contributed by atoms with Crippen molar-refractivity contribution in [3.8, 4) is 0 Å². The molecule has 0 N–H and O–H groups in total. The van der Waals surface area contributed by atoms with Gasteiger partial charge in [0.25, 0.3) is 0 Å². The predicted octanol–water partition coefficient (Wildman–Crippen LogP) is 3.72. The molecular weight excluding hydrogens is 370 g/mol. The largest absolute Gasteiger partial charge is 0.463 e. The zero-order valence-corrected chi connectivity index (χ0v) is 15.6. The summed E-state index contributed by atoms with van der Waals surface area (Å²) in [6, 6.07) is 10.7. The third-order valence-corrected chi connectivity index (χ3v) is 4.95. The van der Waals surface area contributed by atoms with Gasteiger partial charge < -0.3 is 9.64 Å². The summed E-state index contributed by atoms with van der Waals surface area (Å²) in [7, 11) is 1.34. The lowest BCUT2D eigenvalue weighted by atomic mass is 9.97. The lowest BCUT2D eigenvalue weighted by Crippen LogP contribution is -2.28. The average Bonchev–Trinajstić information content (AvgIpc) is 2.96. The van der Waals surface area contributed by atoms with Crippen LogP contribution in [-0.2, 0) is 4.74 Å². The second-order valence-corrected chi connectivity index (χ2v) is 7.08. The molecule has 2 aromatic rings. The monoisotopic (exact) mass is 389 g/mol. The number of carbonyl (C=O) groups excluding carboxylic acids is 1. The van der Waals surface area contributed by atoms with Crippen molar-refractivity contribution in [1.82, 2.24) is 9.97 Å². The van der Waals surface area contributed by atoms with Gasteiger partial charge in [0.15, 0.2) is 0 Å². The zero-order valence-electron chi connectivity index (χ0n) is 14.0. The number of methoxy groups -OCH3 is 1. The molecule has 0 bridgehead atoms. The van der Waals surface area contributed by atoms with E-state index in [4.69, 9.17) is 4.74 Å². The van der Waals surface area contributed by atoms with E-state index in [0.29, 0.717) is 12.0 Å². The van der Waals surface area contributed by atoms with Crippen molar-refractivity contribution < 1.29 is 9.53 Å². The molecule has 2 heterocycles. The first-order chi connectivity index (χ1) is 11.5. The van der Waals surface area contributed by atoms with Gasteiger partial charge in [0.2, 0.25) is 5.82 Å². The number of carbonyl (C=O) groups is 1. The maximum Gasteiger partial charge on any atom is 0.376 e. The number of aryl methyl sites for hydroxylation is 1. The zero-order chi connectivity index (χ0) is 17.3. The first-order valence-electron chi connectivity index (χ1n) is 7.94. The van der Waals surface area contributed by atoms with Crippen molar-refractivity contribution in [1.29, 1.82) is 0 Å². The maximum absolute atomic E-state index is 11.8. The minimum absolute atomic E-state index is 0.117. The summed E-state index contributed by atoms with van der Waals surface area (Å²) in [5.74, 6) is 0.850. The van der Waals surface area contributed by atoms with Gasteiger partial charge in [-0.15, -0.1) is 0 Å². The van der Waals surface area contributed by atoms with E-state index in [2.05, 4.69) is 62.0 Å².